The Morgan fingerprint density at radius 3 is 2.33 bits per heavy atom. The van der Waals surface area contributed by atoms with Crippen LogP contribution in [0.3, 0.4) is 0 Å². The lowest BCUT2D eigenvalue weighted by Gasteiger charge is -2.46. The van der Waals surface area contributed by atoms with Gasteiger partial charge in [0, 0.05) is 0 Å². The Labute approximate surface area is 114 Å². The molecule has 0 amide bonds. The fourth-order valence-electron chi connectivity index (χ4n) is 4.00. The molecule has 1 nitrogen and oxygen atoms in total. The second kappa shape index (κ2) is 6.41. The van der Waals surface area contributed by atoms with Crippen molar-refractivity contribution in [3.63, 3.8) is 0 Å². The first-order chi connectivity index (χ1) is 8.58. The molecule has 5 atom stereocenters. The molecular weight excluding hydrogens is 218 g/mol. The highest BCUT2D eigenvalue weighted by atomic mass is 14.9. The normalized spacial score (nSPS) is 40.8. The van der Waals surface area contributed by atoms with Gasteiger partial charge in [0.25, 0.3) is 0 Å². The third-order valence-electron chi connectivity index (χ3n) is 5.68. The Morgan fingerprint density at radius 1 is 1.00 bits per heavy atom. The van der Waals surface area contributed by atoms with Gasteiger partial charge in [0.1, 0.15) is 0 Å². The Balaban J connectivity index is 1.72. The molecule has 0 radical (unpaired) electrons. The van der Waals surface area contributed by atoms with E-state index in [1.807, 2.05) is 0 Å². The van der Waals surface area contributed by atoms with Gasteiger partial charge >= 0.3 is 0 Å². The molecule has 2 aliphatic carbocycles. The maximum atomic E-state index is 3.68. The molecule has 1 N–H and O–H groups in total. The summed E-state index contributed by atoms with van der Waals surface area (Å²) in [6.45, 7) is 12.0. The molecular formula is C17H33N. The predicted octanol–water partition coefficient (Wildman–Crippen LogP) is 4.33. The lowest BCUT2D eigenvalue weighted by Crippen LogP contribution is -2.42. The van der Waals surface area contributed by atoms with Crippen LogP contribution in [0.4, 0.5) is 0 Å². The van der Waals surface area contributed by atoms with E-state index in [0.29, 0.717) is 0 Å². The molecule has 0 saturated heterocycles. The van der Waals surface area contributed by atoms with Gasteiger partial charge in [-0.2, -0.15) is 0 Å². The van der Waals surface area contributed by atoms with E-state index in [-0.39, 0.29) is 0 Å². The number of rotatable bonds is 5. The molecule has 2 saturated carbocycles. The monoisotopic (exact) mass is 251 g/mol. The van der Waals surface area contributed by atoms with Gasteiger partial charge in [0.15, 0.2) is 0 Å². The van der Waals surface area contributed by atoms with E-state index in [4.69, 9.17) is 0 Å². The zero-order valence-corrected chi connectivity index (χ0v) is 12.9. The van der Waals surface area contributed by atoms with Gasteiger partial charge in [0.05, 0.1) is 0 Å². The van der Waals surface area contributed by atoms with Crippen molar-refractivity contribution in [2.24, 2.45) is 35.5 Å². The lowest BCUT2D eigenvalue weighted by molar-refractivity contribution is 0.0504. The average Bonchev–Trinajstić information content (AvgIpc) is 2.27. The minimum absolute atomic E-state index is 0.791. The fraction of sp³-hybridized carbons (Fsp3) is 1.00. The molecule has 5 unspecified atom stereocenters. The largest absolute Gasteiger partial charge is 0.316 e. The van der Waals surface area contributed by atoms with E-state index in [2.05, 4.69) is 33.0 Å². The van der Waals surface area contributed by atoms with Crippen LogP contribution in [0.2, 0.25) is 0 Å². The summed E-state index contributed by atoms with van der Waals surface area (Å²) in [7, 11) is 0. The number of hydrogen-bond acceptors (Lipinski definition) is 1. The zero-order valence-electron chi connectivity index (χ0n) is 12.9. The van der Waals surface area contributed by atoms with Gasteiger partial charge in [-0.3, -0.25) is 0 Å². The number of nitrogens with one attached hydrogen (secondary N) is 1. The van der Waals surface area contributed by atoms with Crippen LogP contribution in [0, 0.1) is 35.5 Å². The molecule has 18 heavy (non-hydrogen) atoms. The first-order valence-electron chi connectivity index (χ1n) is 8.28. The van der Waals surface area contributed by atoms with E-state index in [0.717, 1.165) is 35.5 Å². The van der Waals surface area contributed by atoms with Crippen LogP contribution in [0.5, 0.6) is 0 Å². The van der Waals surface area contributed by atoms with Crippen LogP contribution in [0.15, 0.2) is 0 Å². The quantitative estimate of drug-likeness (QED) is 0.767. The topological polar surface area (TPSA) is 12.0 Å². The molecule has 0 spiro atoms. The zero-order chi connectivity index (χ0) is 13.1. The summed E-state index contributed by atoms with van der Waals surface area (Å²) in [6.07, 6.45) is 7.49. The molecule has 106 valence electrons. The van der Waals surface area contributed by atoms with Crippen LogP contribution in [0.1, 0.15) is 59.8 Å². The molecule has 2 aliphatic rings. The minimum Gasteiger partial charge on any atom is -0.316 e. The molecule has 0 bridgehead atoms. The van der Waals surface area contributed by atoms with Gasteiger partial charge in [-0.1, -0.05) is 34.1 Å². The standard InChI is InChI=1S/C17H33N/c1-12(2)10-18-11-16-7-8-17(16)15-6-5-13(3)14(4)9-15/h12-18H,5-11H2,1-4H3. The summed E-state index contributed by atoms with van der Waals surface area (Å²) in [4.78, 5) is 0. The summed E-state index contributed by atoms with van der Waals surface area (Å²) in [6, 6.07) is 0. The van der Waals surface area contributed by atoms with E-state index in [9.17, 15) is 0 Å². The van der Waals surface area contributed by atoms with Crippen molar-refractivity contribution in [2.45, 2.75) is 59.8 Å². The average molecular weight is 251 g/mol. The third kappa shape index (κ3) is 3.50. The molecule has 2 rings (SSSR count). The Morgan fingerprint density at radius 2 is 1.78 bits per heavy atom. The summed E-state index contributed by atoms with van der Waals surface area (Å²) < 4.78 is 0. The van der Waals surface area contributed by atoms with Crippen molar-refractivity contribution in [2.75, 3.05) is 13.1 Å². The second-order valence-electron chi connectivity index (χ2n) is 7.58. The summed E-state index contributed by atoms with van der Waals surface area (Å²) >= 11 is 0. The first-order valence-corrected chi connectivity index (χ1v) is 8.28. The Kier molecular flexibility index (Phi) is 5.12. The van der Waals surface area contributed by atoms with Gasteiger partial charge in [-0.25, -0.2) is 0 Å². The van der Waals surface area contributed by atoms with Gasteiger partial charge in [0.2, 0.25) is 0 Å². The van der Waals surface area contributed by atoms with Crippen molar-refractivity contribution in [1.29, 1.82) is 0 Å². The van der Waals surface area contributed by atoms with Crippen LogP contribution < -0.4 is 5.32 Å². The Bertz CT molecular complexity index is 248. The van der Waals surface area contributed by atoms with Crippen molar-refractivity contribution in [1.82, 2.24) is 5.32 Å². The van der Waals surface area contributed by atoms with Crippen molar-refractivity contribution < 1.29 is 0 Å². The fourth-order valence-corrected chi connectivity index (χ4v) is 4.00. The second-order valence-corrected chi connectivity index (χ2v) is 7.58. The predicted molar refractivity (Wildman–Crippen MR) is 79.6 cm³/mol. The van der Waals surface area contributed by atoms with Gasteiger partial charge in [-0.05, 0) is 74.3 Å². The molecule has 0 aliphatic heterocycles. The number of hydrogen-bond donors (Lipinski definition) is 1. The van der Waals surface area contributed by atoms with E-state index >= 15 is 0 Å². The van der Waals surface area contributed by atoms with Gasteiger partial charge < -0.3 is 5.32 Å². The van der Waals surface area contributed by atoms with E-state index in [1.54, 1.807) is 0 Å². The molecule has 2 fully saturated rings. The van der Waals surface area contributed by atoms with Crippen LogP contribution >= 0.6 is 0 Å². The first kappa shape index (κ1) is 14.4. The highest BCUT2D eigenvalue weighted by Crippen LogP contribution is 2.47. The van der Waals surface area contributed by atoms with Crippen molar-refractivity contribution >= 4 is 0 Å². The summed E-state index contributed by atoms with van der Waals surface area (Å²) in [5.41, 5.74) is 0. The molecule has 0 aromatic carbocycles. The minimum atomic E-state index is 0.791. The smallest absolute Gasteiger partial charge is 0.00177 e. The van der Waals surface area contributed by atoms with Crippen molar-refractivity contribution in [3.05, 3.63) is 0 Å². The highest BCUT2D eigenvalue weighted by molar-refractivity contribution is 4.90. The van der Waals surface area contributed by atoms with E-state index in [1.165, 1.54) is 45.2 Å². The van der Waals surface area contributed by atoms with Gasteiger partial charge in [-0.15, -0.1) is 0 Å². The maximum Gasteiger partial charge on any atom is -0.00177 e. The maximum absolute atomic E-state index is 3.68. The molecule has 0 aromatic rings. The summed E-state index contributed by atoms with van der Waals surface area (Å²) in [5, 5.41) is 3.68. The Hall–Kier alpha value is -0.0400. The van der Waals surface area contributed by atoms with Crippen LogP contribution in [-0.2, 0) is 0 Å². The molecule has 0 aromatic heterocycles. The SMILES string of the molecule is CC(C)CNCC1CCC1C1CCC(C)C(C)C1. The van der Waals surface area contributed by atoms with E-state index < -0.39 is 0 Å². The van der Waals surface area contributed by atoms with Crippen LogP contribution in [-0.4, -0.2) is 13.1 Å². The lowest BCUT2D eigenvalue weighted by atomic mass is 9.60. The highest BCUT2D eigenvalue weighted by Gasteiger charge is 2.39. The molecule has 0 heterocycles. The third-order valence-corrected chi connectivity index (χ3v) is 5.68. The summed E-state index contributed by atoms with van der Waals surface area (Å²) in [5.74, 6) is 5.83. The van der Waals surface area contributed by atoms with Crippen molar-refractivity contribution in [3.8, 4) is 0 Å². The van der Waals surface area contributed by atoms with Crippen LogP contribution in [0.25, 0.3) is 0 Å². The molecule has 1 heteroatoms.